The number of anilines is 2. The van der Waals surface area contributed by atoms with Crippen molar-refractivity contribution in [3.8, 4) is 0 Å². The summed E-state index contributed by atoms with van der Waals surface area (Å²) in [6.45, 7) is 1.97. The van der Waals surface area contributed by atoms with Crippen molar-refractivity contribution in [2.24, 2.45) is 0 Å². The van der Waals surface area contributed by atoms with Crippen molar-refractivity contribution in [2.45, 2.75) is 13.0 Å². The van der Waals surface area contributed by atoms with Gasteiger partial charge in [0.05, 0.1) is 17.4 Å². The molecule has 1 unspecified atom stereocenters. The lowest BCUT2D eigenvalue weighted by atomic mass is 10.2. The van der Waals surface area contributed by atoms with Gasteiger partial charge in [0.2, 0.25) is 0 Å². The molecule has 1 aromatic rings. The van der Waals surface area contributed by atoms with Crippen LogP contribution in [-0.4, -0.2) is 40.9 Å². The van der Waals surface area contributed by atoms with Crippen LogP contribution in [0.1, 0.15) is 17.3 Å². The van der Waals surface area contributed by atoms with Gasteiger partial charge in [0.25, 0.3) is 0 Å². The SMILES string of the molecule is CC(O)CN(C)c1nccc(C(=O)O)c1N. The molecular weight excluding hydrogens is 210 g/mol. The van der Waals surface area contributed by atoms with Crippen molar-refractivity contribution in [3.05, 3.63) is 17.8 Å². The van der Waals surface area contributed by atoms with Gasteiger partial charge in [-0.2, -0.15) is 0 Å². The van der Waals surface area contributed by atoms with Crippen LogP contribution in [0.2, 0.25) is 0 Å². The molecule has 0 spiro atoms. The molecule has 4 N–H and O–H groups in total. The fourth-order valence-electron chi connectivity index (χ4n) is 1.44. The summed E-state index contributed by atoms with van der Waals surface area (Å²) in [5, 5.41) is 18.1. The number of aliphatic hydroxyl groups excluding tert-OH is 1. The van der Waals surface area contributed by atoms with Crippen LogP contribution in [0.5, 0.6) is 0 Å². The zero-order valence-corrected chi connectivity index (χ0v) is 9.21. The van der Waals surface area contributed by atoms with Gasteiger partial charge in [-0.1, -0.05) is 0 Å². The first-order valence-electron chi connectivity index (χ1n) is 4.80. The maximum absolute atomic E-state index is 10.8. The molecule has 0 fully saturated rings. The van der Waals surface area contributed by atoms with E-state index >= 15 is 0 Å². The number of pyridine rings is 1. The lowest BCUT2D eigenvalue weighted by molar-refractivity contribution is 0.0698. The molecule has 0 radical (unpaired) electrons. The van der Waals surface area contributed by atoms with Crippen molar-refractivity contribution < 1.29 is 15.0 Å². The molecule has 1 rings (SSSR count). The second-order valence-electron chi connectivity index (χ2n) is 3.63. The van der Waals surface area contributed by atoms with Gasteiger partial charge in [0, 0.05) is 19.8 Å². The molecule has 0 aliphatic rings. The lowest BCUT2D eigenvalue weighted by Gasteiger charge is -2.21. The summed E-state index contributed by atoms with van der Waals surface area (Å²) in [5.41, 5.74) is 5.82. The Labute approximate surface area is 93.3 Å². The van der Waals surface area contributed by atoms with Crippen LogP contribution in [0.15, 0.2) is 12.3 Å². The van der Waals surface area contributed by atoms with Crippen molar-refractivity contribution in [2.75, 3.05) is 24.2 Å². The minimum Gasteiger partial charge on any atom is -0.478 e. The predicted molar refractivity (Wildman–Crippen MR) is 60.6 cm³/mol. The first kappa shape index (κ1) is 12.3. The number of carboxylic acids is 1. The highest BCUT2D eigenvalue weighted by Crippen LogP contribution is 2.22. The molecule has 1 aromatic heterocycles. The fraction of sp³-hybridized carbons (Fsp3) is 0.400. The number of nitrogens with two attached hydrogens (primary N) is 1. The number of nitrogens with zero attached hydrogens (tertiary/aromatic N) is 2. The first-order chi connectivity index (χ1) is 7.43. The van der Waals surface area contributed by atoms with Crippen LogP contribution in [-0.2, 0) is 0 Å². The Kier molecular flexibility index (Phi) is 3.68. The number of carbonyl (C=O) groups is 1. The van der Waals surface area contributed by atoms with E-state index < -0.39 is 12.1 Å². The number of hydrogen-bond donors (Lipinski definition) is 3. The zero-order valence-electron chi connectivity index (χ0n) is 9.21. The van der Waals surface area contributed by atoms with Crippen LogP contribution in [0.4, 0.5) is 11.5 Å². The van der Waals surface area contributed by atoms with E-state index in [-0.39, 0.29) is 11.3 Å². The molecule has 0 aliphatic heterocycles. The minimum absolute atomic E-state index is 0.0162. The van der Waals surface area contributed by atoms with Crippen LogP contribution in [0, 0.1) is 0 Å². The number of hydrogen-bond acceptors (Lipinski definition) is 5. The molecule has 0 saturated heterocycles. The van der Waals surface area contributed by atoms with Gasteiger partial charge in [-0.25, -0.2) is 9.78 Å². The molecule has 16 heavy (non-hydrogen) atoms. The van der Waals surface area contributed by atoms with Gasteiger partial charge in [-0.15, -0.1) is 0 Å². The third kappa shape index (κ3) is 2.60. The third-order valence-electron chi connectivity index (χ3n) is 2.10. The molecule has 0 aliphatic carbocycles. The molecule has 88 valence electrons. The quantitative estimate of drug-likeness (QED) is 0.676. The molecule has 1 heterocycles. The summed E-state index contributed by atoms with van der Waals surface area (Å²) in [6, 6.07) is 1.34. The summed E-state index contributed by atoms with van der Waals surface area (Å²) >= 11 is 0. The average molecular weight is 225 g/mol. The lowest BCUT2D eigenvalue weighted by Crippen LogP contribution is -2.28. The third-order valence-corrected chi connectivity index (χ3v) is 2.10. The van der Waals surface area contributed by atoms with Crippen LogP contribution in [0.25, 0.3) is 0 Å². The highest BCUT2D eigenvalue weighted by molar-refractivity contribution is 5.96. The van der Waals surface area contributed by atoms with E-state index in [4.69, 9.17) is 10.8 Å². The number of aliphatic hydroxyl groups is 1. The van der Waals surface area contributed by atoms with Gasteiger partial charge in [0.1, 0.15) is 0 Å². The summed E-state index contributed by atoms with van der Waals surface area (Å²) in [7, 11) is 1.69. The fourth-order valence-corrected chi connectivity index (χ4v) is 1.44. The number of aromatic nitrogens is 1. The molecule has 0 aromatic carbocycles. The van der Waals surface area contributed by atoms with Crippen molar-refractivity contribution >= 4 is 17.5 Å². The Morgan fingerprint density at radius 2 is 2.31 bits per heavy atom. The van der Waals surface area contributed by atoms with Gasteiger partial charge >= 0.3 is 5.97 Å². The predicted octanol–water partition coefficient (Wildman–Crippen LogP) is 0.179. The highest BCUT2D eigenvalue weighted by Gasteiger charge is 2.15. The van der Waals surface area contributed by atoms with Crippen molar-refractivity contribution in [1.29, 1.82) is 0 Å². The monoisotopic (exact) mass is 225 g/mol. The Balaban J connectivity index is 3.05. The molecule has 0 bridgehead atoms. The highest BCUT2D eigenvalue weighted by atomic mass is 16.4. The molecule has 1 atom stereocenters. The standard InChI is InChI=1S/C10H15N3O3/c1-6(14)5-13(2)9-8(11)7(10(15)16)3-4-12-9/h3-4,6,14H,5,11H2,1-2H3,(H,15,16). The number of aromatic carboxylic acids is 1. The van der Waals surface area contributed by atoms with E-state index in [1.54, 1.807) is 18.9 Å². The van der Waals surface area contributed by atoms with E-state index in [1.165, 1.54) is 12.3 Å². The summed E-state index contributed by atoms with van der Waals surface area (Å²) in [5.74, 6) is -0.729. The van der Waals surface area contributed by atoms with Gasteiger partial charge in [0.15, 0.2) is 5.82 Å². The van der Waals surface area contributed by atoms with E-state index in [9.17, 15) is 9.90 Å². The van der Waals surface area contributed by atoms with E-state index in [2.05, 4.69) is 4.98 Å². The molecule has 0 saturated carbocycles. The maximum atomic E-state index is 10.8. The Hall–Kier alpha value is -1.82. The van der Waals surface area contributed by atoms with Gasteiger partial charge in [-0.3, -0.25) is 0 Å². The Morgan fingerprint density at radius 3 is 2.81 bits per heavy atom. The largest absolute Gasteiger partial charge is 0.478 e. The number of likely N-dealkylation sites (N-methyl/N-ethyl adjacent to an activating group) is 1. The van der Waals surface area contributed by atoms with E-state index in [0.717, 1.165) is 0 Å². The molecule has 6 nitrogen and oxygen atoms in total. The average Bonchev–Trinajstić information content (AvgIpc) is 2.16. The summed E-state index contributed by atoms with van der Waals surface area (Å²) in [6.07, 6.45) is 0.841. The molecule has 0 amide bonds. The Morgan fingerprint density at radius 1 is 1.69 bits per heavy atom. The molecule has 6 heteroatoms. The maximum Gasteiger partial charge on any atom is 0.337 e. The molecular formula is C10H15N3O3. The number of nitrogen functional groups attached to an aromatic ring is 1. The van der Waals surface area contributed by atoms with Crippen LogP contribution < -0.4 is 10.6 Å². The smallest absolute Gasteiger partial charge is 0.337 e. The van der Waals surface area contributed by atoms with Crippen molar-refractivity contribution in [3.63, 3.8) is 0 Å². The Bertz CT molecular complexity index is 393. The normalized spacial score (nSPS) is 12.2. The van der Waals surface area contributed by atoms with E-state index in [1.807, 2.05) is 0 Å². The second kappa shape index (κ2) is 4.80. The number of carboxylic acid groups (broad SMARTS) is 1. The van der Waals surface area contributed by atoms with Gasteiger partial charge < -0.3 is 20.8 Å². The van der Waals surface area contributed by atoms with Crippen LogP contribution >= 0.6 is 0 Å². The summed E-state index contributed by atoms with van der Waals surface area (Å²) < 4.78 is 0. The van der Waals surface area contributed by atoms with E-state index in [0.29, 0.717) is 12.4 Å². The zero-order chi connectivity index (χ0) is 12.3. The topological polar surface area (TPSA) is 99.7 Å². The number of rotatable bonds is 4. The van der Waals surface area contributed by atoms with Crippen molar-refractivity contribution in [1.82, 2.24) is 4.98 Å². The second-order valence-corrected chi connectivity index (χ2v) is 3.63. The van der Waals surface area contributed by atoms with Gasteiger partial charge in [-0.05, 0) is 13.0 Å². The summed E-state index contributed by atoms with van der Waals surface area (Å²) in [4.78, 5) is 16.5. The van der Waals surface area contributed by atoms with Crippen LogP contribution in [0.3, 0.4) is 0 Å². The first-order valence-corrected chi connectivity index (χ1v) is 4.80. The minimum atomic E-state index is -1.09.